The number of hydrogen-bond acceptors (Lipinski definition) is 4. The van der Waals surface area contributed by atoms with Crippen LogP contribution in [0.2, 0.25) is 10.0 Å². The molecule has 3 rings (SSSR count). The zero-order valence-corrected chi connectivity index (χ0v) is 15.7. The van der Waals surface area contributed by atoms with Crippen LogP contribution in [0.4, 0.5) is 0 Å². The highest BCUT2D eigenvalue weighted by molar-refractivity contribution is 7.90. The van der Waals surface area contributed by atoms with Crippen molar-refractivity contribution in [2.75, 3.05) is 7.11 Å². The van der Waals surface area contributed by atoms with Gasteiger partial charge in [-0.3, -0.25) is 0 Å². The Labute approximate surface area is 155 Å². The van der Waals surface area contributed by atoms with Crippen LogP contribution >= 0.6 is 23.2 Å². The van der Waals surface area contributed by atoms with Crippen LogP contribution in [0.25, 0.3) is 11.4 Å². The summed E-state index contributed by atoms with van der Waals surface area (Å²) in [5, 5.41) is 0.541. The second-order valence-corrected chi connectivity index (χ2v) is 7.97. The molecule has 2 aromatic carbocycles. The van der Waals surface area contributed by atoms with E-state index in [4.69, 9.17) is 27.9 Å². The number of methoxy groups -OCH3 is 1. The van der Waals surface area contributed by atoms with E-state index in [1.807, 2.05) is 6.92 Å². The summed E-state index contributed by atoms with van der Waals surface area (Å²) >= 11 is 12.3. The molecule has 0 aliphatic rings. The van der Waals surface area contributed by atoms with Crippen molar-refractivity contribution in [2.45, 2.75) is 11.8 Å². The van der Waals surface area contributed by atoms with Gasteiger partial charge in [0.1, 0.15) is 0 Å². The van der Waals surface area contributed by atoms with E-state index < -0.39 is 10.0 Å². The predicted molar refractivity (Wildman–Crippen MR) is 98.0 cm³/mol. The molecule has 0 spiro atoms. The molecule has 8 heteroatoms. The Kier molecular flexibility index (Phi) is 4.77. The molecule has 1 aromatic heterocycles. The van der Waals surface area contributed by atoms with Gasteiger partial charge in [0, 0.05) is 18.0 Å². The lowest BCUT2D eigenvalue weighted by Crippen LogP contribution is -2.13. The third-order valence-electron chi connectivity index (χ3n) is 3.65. The van der Waals surface area contributed by atoms with Crippen LogP contribution in [0.1, 0.15) is 5.56 Å². The number of ether oxygens (including phenoxy) is 1. The normalized spacial score (nSPS) is 11.5. The minimum absolute atomic E-state index is 0.169. The zero-order valence-electron chi connectivity index (χ0n) is 13.4. The van der Waals surface area contributed by atoms with E-state index in [-0.39, 0.29) is 20.8 Å². The molecule has 0 unspecified atom stereocenters. The van der Waals surface area contributed by atoms with Gasteiger partial charge in [-0.2, -0.15) is 0 Å². The molecule has 130 valence electrons. The molecule has 0 saturated carbocycles. The summed E-state index contributed by atoms with van der Waals surface area (Å²) in [6, 6.07) is 9.73. The molecule has 25 heavy (non-hydrogen) atoms. The molecule has 0 N–H and O–H groups in total. The van der Waals surface area contributed by atoms with Gasteiger partial charge in [0.05, 0.1) is 22.1 Å². The lowest BCUT2D eigenvalue weighted by molar-refractivity contribution is 0.415. The average Bonchev–Trinajstić information content (AvgIpc) is 3.05. The van der Waals surface area contributed by atoms with Crippen molar-refractivity contribution < 1.29 is 13.2 Å². The fraction of sp³-hybridized carbons (Fsp3) is 0.118. The second-order valence-electron chi connectivity index (χ2n) is 5.34. The van der Waals surface area contributed by atoms with Gasteiger partial charge in [0.15, 0.2) is 11.6 Å². The van der Waals surface area contributed by atoms with Crippen LogP contribution in [-0.2, 0) is 10.0 Å². The van der Waals surface area contributed by atoms with Crippen LogP contribution in [0.15, 0.2) is 53.7 Å². The summed E-state index contributed by atoms with van der Waals surface area (Å²) in [5.74, 6) is 0.540. The SMILES string of the molecule is COc1c(Cl)cc(-c2nccn2S(=O)(=O)c2ccc(C)cc2)cc1Cl. The molecular formula is C17H14Cl2N2O3S. The Morgan fingerprint density at radius 3 is 2.24 bits per heavy atom. The summed E-state index contributed by atoms with van der Waals surface area (Å²) in [4.78, 5) is 4.33. The van der Waals surface area contributed by atoms with Gasteiger partial charge in [0.25, 0.3) is 10.0 Å². The van der Waals surface area contributed by atoms with Crippen LogP contribution in [0.3, 0.4) is 0 Å². The Hall–Kier alpha value is -2.02. The molecule has 0 radical (unpaired) electrons. The van der Waals surface area contributed by atoms with Gasteiger partial charge < -0.3 is 4.74 Å². The lowest BCUT2D eigenvalue weighted by Gasteiger charge is -2.12. The largest absolute Gasteiger partial charge is 0.494 e. The molecule has 0 bridgehead atoms. The molecule has 0 aliphatic carbocycles. The van der Waals surface area contributed by atoms with Crippen LogP contribution in [0.5, 0.6) is 5.75 Å². The van der Waals surface area contributed by atoms with E-state index >= 15 is 0 Å². The number of halogens is 2. The van der Waals surface area contributed by atoms with Gasteiger partial charge >= 0.3 is 0 Å². The van der Waals surface area contributed by atoms with Crippen molar-refractivity contribution >= 4 is 33.2 Å². The van der Waals surface area contributed by atoms with E-state index in [1.165, 1.54) is 19.5 Å². The second kappa shape index (κ2) is 6.71. The van der Waals surface area contributed by atoms with Crippen LogP contribution < -0.4 is 4.74 Å². The third kappa shape index (κ3) is 3.25. The van der Waals surface area contributed by atoms with Gasteiger partial charge in [0.2, 0.25) is 0 Å². The number of imidazole rings is 1. The fourth-order valence-corrected chi connectivity index (χ4v) is 4.34. The van der Waals surface area contributed by atoms with Crippen molar-refractivity contribution in [3.63, 3.8) is 0 Å². The van der Waals surface area contributed by atoms with Crippen molar-refractivity contribution in [1.82, 2.24) is 8.96 Å². The first-order valence-corrected chi connectivity index (χ1v) is 9.43. The number of benzene rings is 2. The zero-order chi connectivity index (χ0) is 18.2. The smallest absolute Gasteiger partial charge is 0.269 e. The fourth-order valence-electron chi connectivity index (χ4n) is 2.40. The molecule has 3 aromatic rings. The molecule has 5 nitrogen and oxygen atoms in total. The highest BCUT2D eigenvalue weighted by Crippen LogP contribution is 2.37. The molecule has 0 amide bonds. The summed E-state index contributed by atoms with van der Waals surface area (Å²) < 4.78 is 32.1. The van der Waals surface area contributed by atoms with Gasteiger partial charge in [-0.15, -0.1) is 0 Å². The predicted octanol–water partition coefficient (Wildman–Crippen LogP) is 4.41. The molecule has 0 saturated heterocycles. The third-order valence-corrected chi connectivity index (χ3v) is 5.89. The number of hydrogen-bond donors (Lipinski definition) is 0. The number of aromatic nitrogens is 2. The standard InChI is InChI=1S/C17H14Cl2N2O3S/c1-11-3-5-13(6-4-11)25(22,23)21-8-7-20-17(21)12-9-14(18)16(24-2)15(19)10-12/h3-10H,1-2H3. The molecule has 0 atom stereocenters. The maximum Gasteiger partial charge on any atom is 0.269 e. The van der Waals surface area contributed by atoms with E-state index in [0.717, 1.165) is 9.54 Å². The monoisotopic (exact) mass is 396 g/mol. The van der Waals surface area contributed by atoms with E-state index in [1.54, 1.807) is 36.4 Å². The molecule has 0 aliphatic heterocycles. The van der Waals surface area contributed by atoms with Crippen LogP contribution in [0, 0.1) is 6.92 Å². The maximum absolute atomic E-state index is 12.9. The maximum atomic E-state index is 12.9. The summed E-state index contributed by atoms with van der Waals surface area (Å²) in [6.45, 7) is 1.89. The van der Waals surface area contributed by atoms with E-state index in [9.17, 15) is 8.42 Å². The summed E-state index contributed by atoms with van der Waals surface area (Å²) in [7, 11) is -2.34. The summed E-state index contributed by atoms with van der Waals surface area (Å²) in [6.07, 6.45) is 2.80. The highest BCUT2D eigenvalue weighted by atomic mass is 35.5. The first-order valence-electron chi connectivity index (χ1n) is 7.23. The first kappa shape index (κ1) is 17.8. The van der Waals surface area contributed by atoms with Crippen LogP contribution in [-0.4, -0.2) is 24.5 Å². The minimum atomic E-state index is -3.80. The van der Waals surface area contributed by atoms with Crippen molar-refractivity contribution in [3.05, 3.63) is 64.4 Å². The Bertz CT molecular complexity index is 1010. The number of rotatable bonds is 4. The van der Waals surface area contributed by atoms with Gasteiger partial charge in [-0.1, -0.05) is 40.9 Å². The Morgan fingerprint density at radius 2 is 1.68 bits per heavy atom. The minimum Gasteiger partial charge on any atom is -0.494 e. The topological polar surface area (TPSA) is 61.2 Å². The first-order chi connectivity index (χ1) is 11.8. The van der Waals surface area contributed by atoms with Gasteiger partial charge in [-0.25, -0.2) is 17.4 Å². The lowest BCUT2D eigenvalue weighted by atomic mass is 10.2. The molecule has 0 fully saturated rings. The Balaban J connectivity index is 2.14. The quantitative estimate of drug-likeness (QED) is 0.654. The van der Waals surface area contributed by atoms with Crippen molar-refractivity contribution in [1.29, 1.82) is 0 Å². The average molecular weight is 397 g/mol. The van der Waals surface area contributed by atoms with E-state index in [2.05, 4.69) is 4.98 Å². The summed E-state index contributed by atoms with van der Waals surface area (Å²) in [5.41, 5.74) is 1.44. The van der Waals surface area contributed by atoms with Crippen molar-refractivity contribution in [2.24, 2.45) is 0 Å². The highest BCUT2D eigenvalue weighted by Gasteiger charge is 2.22. The number of nitrogens with zero attached hydrogens (tertiary/aromatic N) is 2. The molecule has 1 heterocycles. The molecular weight excluding hydrogens is 383 g/mol. The Morgan fingerprint density at radius 1 is 1.08 bits per heavy atom. The number of aryl methyl sites for hydroxylation is 1. The van der Waals surface area contributed by atoms with Crippen molar-refractivity contribution in [3.8, 4) is 17.1 Å². The van der Waals surface area contributed by atoms with E-state index in [0.29, 0.717) is 11.3 Å². The van der Waals surface area contributed by atoms with Gasteiger partial charge in [-0.05, 0) is 31.2 Å².